The van der Waals surface area contributed by atoms with Crippen LogP contribution in [0.3, 0.4) is 0 Å². The molecule has 0 saturated heterocycles. The van der Waals surface area contributed by atoms with Crippen LogP contribution < -0.4 is 10.6 Å². The van der Waals surface area contributed by atoms with E-state index in [2.05, 4.69) is 31.4 Å². The zero-order valence-electron chi connectivity index (χ0n) is 21.2. The van der Waals surface area contributed by atoms with Crippen molar-refractivity contribution in [3.05, 3.63) is 71.7 Å². The Bertz CT molecular complexity index is 1200. The van der Waals surface area contributed by atoms with Crippen molar-refractivity contribution in [2.45, 2.75) is 47.0 Å². The third-order valence-corrected chi connectivity index (χ3v) is 5.41. The summed E-state index contributed by atoms with van der Waals surface area (Å²) in [6, 6.07) is 15.1. The van der Waals surface area contributed by atoms with E-state index in [0.717, 1.165) is 16.9 Å². The summed E-state index contributed by atoms with van der Waals surface area (Å²) in [7, 11) is 0. The number of nitrogens with one attached hydrogen (secondary N) is 2. The lowest BCUT2D eigenvalue weighted by Gasteiger charge is -2.24. The van der Waals surface area contributed by atoms with Crippen LogP contribution in [0, 0.1) is 18.7 Å². The number of aromatic nitrogens is 2. The Morgan fingerprint density at radius 2 is 1.71 bits per heavy atom. The number of hydrogen-bond acceptors (Lipinski definition) is 3. The molecule has 0 atom stereocenters. The van der Waals surface area contributed by atoms with E-state index in [1.807, 2.05) is 51.1 Å². The van der Waals surface area contributed by atoms with E-state index in [1.54, 1.807) is 16.8 Å². The molecule has 0 bridgehead atoms. The van der Waals surface area contributed by atoms with Gasteiger partial charge in [0.1, 0.15) is 18.2 Å². The molecule has 0 fully saturated rings. The smallest absolute Gasteiger partial charge is 0.315 e. The number of anilines is 2. The Morgan fingerprint density at radius 1 is 1.06 bits per heavy atom. The van der Waals surface area contributed by atoms with Gasteiger partial charge in [-0.2, -0.15) is 5.10 Å². The van der Waals surface area contributed by atoms with Crippen LogP contribution in [-0.2, 0) is 10.2 Å². The van der Waals surface area contributed by atoms with Gasteiger partial charge in [-0.05, 0) is 36.6 Å². The molecule has 3 amide bonds. The molecule has 3 aromatic rings. The molecule has 0 radical (unpaired) electrons. The second kappa shape index (κ2) is 10.7. The molecule has 186 valence electrons. The van der Waals surface area contributed by atoms with E-state index in [0.29, 0.717) is 12.4 Å². The number of para-hydroxylation sites is 2. The maximum atomic E-state index is 14.0. The van der Waals surface area contributed by atoms with Gasteiger partial charge < -0.3 is 15.5 Å². The lowest BCUT2D eigenvalue weighted by Crippen LogP contribution is -2.42. The number of halogens is 1. The first kappa shape index (κ1) is 25.9. The lowest BCUT2D eigenvalue weighted by atomic mass is 9.92. The standard InChI is InChI=1S/C27H34FN5O2/c1-18(2)16-32(26(35)29-21-13-9-8-12-20(21)28)17-25(34)30-24-15-23(27(4,5)6)31-33(24)22-14-10-7-11-19(22)3/h7-15,18H,16-17H2,1-6H3,(H,29,35)(H,30,34). The van der Waals surface area contributed by atoms with E-state index in [-0.39, 0.29) is 29.5 Å². The summed E-state index contributed by atoms with van der Waals surface area (Å²) in [4.78, 5) is 27.4. The first-order chi connectivity index (χ1) is 16.5. The third kappa shape index (κ3) is 6.68. The number of hydrogen-bond donors (Lipinski definition) is 2. The quantitative estimate of drug-likeness (QED) is 0.453. The monoisotopic (exact) mass is 479 g/mol. The normalized spacial score (nSPS) is 11.4. The highest BCUT2D eigenvalue weighted by Gasteiger charge is 2.24. The largest absolute Gasteiger partial charge is 0.322 e. The Kier molecular flexibility index (Phi) is 7.94. The first-order valence-electron chi connectivity index (χ1n) is 11.7. The zero-order valence-corrected chi connectivity index (χ0v) is 21.2. The van der Waals surface area contributed by atoms with Gasteiger partial charge in [-0.25, -0.2) is 13.9 Å². The summed E-state index contributed by atoms with van der Waals surface area (Å²) in [5.74, 6) is -0.274. The third-order valence-electron chi connectivity index (χ3n) is 5.41. The number of aryl methyl sites for hydroxylation is 1. The lowest BCUT2D eigenvalue weighted by molar-refractivity contribution is -0.116. The summed E-state index contributed by atoms with van der Waals surface area (Å²) >= 11 is 0. The van der Waals surface area contributed by atoms with E-state index < -0.39 is 11.8 Å². The number of carbonyl (C=O) groups is 2. The number of benzene rings is 2. The maximum absolute atomic E-state index is 14.0. The molecule has 2 aromatic carbocycles. The van der Waals surface area contributed by atoms with Crippen LogP contribution in [0.2, 0.25) is 0 Å². The highest BCUT2D eigenvalue weighted by molar-refractivity contribution is 5.96. The minimum atomic E-state index is -0.540. The molecular formula is C27H34FN5O2. The van der Waals surface area contributed by atoms with Crippen molar-refractivity contribution in [3.8, 4) is 5.69 Å². The van der Waals surface area contributed by atoms with E-state index >= 15 is 0 Å². The van der Waals surface area contributed by atoms with Gasteiger partial charge in [-0.3, -0.25) is 4.79 Å². The van der Waals surface area contributed by atoms with Crippen molar-refractivity contribution in [2.24, 2.45) is 5.92 Å². The number of urea groups is 1. The van der Waals surface area contributed by atoms with Gasteiger partial charge in [0, 0.05) is 18.0 Å². The van der Waals surface area contributed by atoms with Gasteiger partial charge in [0.15, 0.2) is 0 Å². The van der Waals surface area contributed by atoms with Gasteiger partial charge >= 0.3 is 6.03 Å². The van der Waals surface area contributed by atoms with Crippen LogP contribution in [0.4, 0.5) is 20.7 Å². The molecule has 35 heavy (non-hydrogen) atoms. The fraction of sp³-hybridized carbons (Fsp3) is 0.370. The minimum absolute atomic E-state index is 0.0686. The summed E-state index contributed by atoms with van der Waals surface area (Å²) in [6.07, 6.45) is 0. The summed E-state index contributed by atoms with van der Waals surface area (Å²) in [6.45, 7) is 12.2. The fourth-order valence-electron chi connectivity index (χ4n) is 3.59. The molecule has 0 spiro atoms. The highest BCUT2D eigenvalue weighted by Crippen LogP contribution is 2.27. The Labute approximate surface area is 206 Å². The minimum Gasteiger partial charge on any atom is -0.315 e. The Balaban J connectivity index is 1.84. The first-order valence-corrected chi connectivity index (χ1v) is 11.7. The number of nitrogens with zero attached hydrogens (tertiary/aromatic N) is 3. The van der Waals surface area contributed by atoms with Gasteiger partial charge in [-0.1, -0.05) is 65.0 Å². The van der Waals surface area contributed by atoms with Crippen molar-refractivity contribution in [3.63, 3.8) is 0 Å². The predicted octanol–water partition coefficient (Wildman–Crippen LogP) is 5.75. The Hall–Kier alpha value is -3.68. The second-order valence-corrected chi connectivity index (χ2v) is 10.1. The van der Waals surface area contributed by atoms with Gasteiger partial charge in [0.25, 0.3) is 0 Å². The van der Waals surface area contributed by atoms with Crippen LogP contribution in [0.15, 0.2) is 54.6 Å². The van der Waals surface area contributed by atoms with E-state index in [1.165, 1.54) is 17.0 Å². The maximum Gasteiger partial charge on any atom is 0.322 e. The molecule has 0 saturated carbocycles. The topological polar surface area (TPSA) is 79.3 Å². The molecule has 1 heterocycles. The SMILES string of the molecule is Cc1ccccc1-n1nc(C(C)(C)C)cc1NC(=O)CN(CC(C)C)C(=O)Nc1ccccc1F. The second-order valence-electron chi connectivity index (χ2n) is 10.1. The van der Waals surface area contributed by atoms with Crippen LogP contribution in [0.25, 0.3) is 5.69 Å². The molecule has 7 nitrogen and oxygen atoms in total. The van der Waals surface area contributed by atoms with Crippen LogP contribution in [0.1, 0.15) is 45.9 Å². The van der Waals surface area contributed by atoms with Crippen molar-refractivity contribution < 1.29 is 14.0 Å². The zero-order chi connectivity index (χ0) is 25.8. The molecule has 1 aromatic heterocycles. The number of carbonyl (C=O) groups excluding carboxylic acids is 2. The van der Waals surface area contributed by atoms with Crippen LogP contribution >= 0.6 is 0 Å². The number of amides is 3. The Morgan fingerprint density at radius 3 is 2.34 bits per heavy atom. The van der Waals surface area contributed by atoms with Gasteiger partial charge in [0.05, 0.1) is 17.1 Å². The molecule has 0 aliphatic heterocycles. The average Bonchev–Trinajstić information content (AvgIpc) is 3.18. The molecule has 0 aliphatic rings. The van der Waals surface area contributed by atoms with Gasteiger partial charge in [-0.15, -0.1) is 0 Å². The molecule has 3 rings (SSSR count). The molecular weight excluding hydrogens is 445 g/mol. The van der Waals surface area contributed by atoms with Crippen LogP contribution in [-0.4, -0.2) is 39.7 Å². The molecule has 2 N–H and O–H groups in total. The summed E-state index contributed by atoms with van der Waals surface area (Å²) < 4.78 is 15.8. The van der Waals surface area contributed by atoms with Crippen LogP contribution in [0.5, 0.6) is 0 Å². The number of rotatable bonds is 7. The molecule has 0 aliphatic carbocycles. The van der Waals surface area contributed by atoms with Crippen molar-refractivity contribution >= 4 is 23.4 Å². The van der Waals surface area contributed by atoms with E-state index in [9.17, 15) is 14.0 Å². The van der Waals surface area contributed by atoms with E-state index in [4.69, 9.17) is 5.10 Å². The highest BCUT2D eigenvalue weighted by atomic mass is 19.1. The fourth-order valence-corrected chi connectivity index (χ4v) is 3.59. The summed E-state index contributed by atoms with van der Waals surface area (Å²) in [5.41, 5.74) is 2.54. The molecule has 8 heteroatoms. The van der Waals surface area contributed by atoms with Crippen molar-refractivity contribution in [1.82, 2.24) is 14.7 Å². The van der Waals surface area contributed by atoms with Crippen molar-refractivity contribution in [1.29, 1.82) is 0 Å². The average molecular weight is 480 g/mol. The predicted molar refractivity (Wildman–Crippen MR) is 137 cm³/mol. The molecule has 0 unspecified atom stereocenters. The van der Waals surface area contributed by atoms with Crippen molar-refractivity contribution in [2.75, 3.05) is 23.7 Å². The van der Waals surface area contributed by atoms with Gasteiger partial charge in [0.2, 0.25) is 5.91 Å². The summed E-state index contributed by atoms with van der Waals surface area (Å²) in [5, 5.41) is 10.3.